The Kier molecular flexibility index (Phi) is 4.88. The lowest BCUT2D eigenvalue weighted by atomic mass is 9.95. The van der Waals surface area contributed by atoms with Crippen LogP contribution in [-0.2, 0) is 9.53 Å². The van der Waals surface area contributed by atoms with E-state index in [1.54, 1.807) is 6.20 Å². The summed E-state index contributed by atoms with van der Waals surface area (Å²) in [6.07, 6.45) is 6.98. The largest absolute Gasteiger partial charge is 0.378 e. The van der Waals surface area contributed by atoms with E-state index in [-0.39, 0.29) is 11.7 Å². The van der Waals surface area contributed by atoms with Crippen molar-refractivity contribution in [3.8, 4) is 0 Å². The number of hydrogen-bond acceptors (Lipinski definition) is 3. The normalized spacial score (nSPS) is 21.5. The fourth-order valence-corrected chi connectivity index (χ4v) is 2.35. The SMILES string of the molecule is CC(C(=O)CCC1CCCCO1)c1ccccn1. The lowest BCUT2D eigenvalue weighted by Gasteiger charge is -2.22. The number of carbonyl (C=O) groups excluding carboxylic acids is 1. The second kappa shape index (κ2) is 6.64. The quantitative estimate of drug-likeness (QED) is 0.802. The standard InChI is InChI=1S/C15H21NO2/c1-12(14-7-2-4-10-16-14)15(17)9-8-13-6-3-5-11-18-13/h2,4,7,10,12-13H,3,5-6,8-9,11H2,1H3. The fraction of sp³-hybridized carbons (Fsp3) is 0.600. The topological polar surface area (TPSA) is 39.2 Å². The highest BCUT2D eigenvalue weighted by molar-refractivity contribution is 5.84. The van der Waals surface area contributed by atoms with E-state index in [4.69, 9.17) is 4.74 Å². The minimum Gasteiger partial charge on any atom is -0.378 e. The number of rotatable bonds is 5. The Morgan fingerprint density at radius 1 is 1.50 bits per heavy atom. The van der Waals surface area contributed by atoms with Crippen molar-refractivity contribution in [2.75, 3.05) is 6.61 Å². The number of hydrogen-bond donors (Lipinski definition) is 0. The average molecular weight is 247 g/mol. The van der Waals surface area contributed by atoms with Gasteiger partial charge >= 0.3 is 0 Å². The minimum absolute atomic E-state index is 0.102. The van der Waals surface area contributed by atoms with Gasteiger partial charge in [0.25, 0.3) is 0 Å². The Morgan fingerprint density at radius 2 is 2.39 bits per heavy atom. The van der Waals surface area contributed by atoms with Crippen molar-refractivity contribution in [1.29, 1.82) is 0 Å². The van der Waals surface area contributed by atoms with Gasteiger partial charge in [-0.1, -0.05) is 6.07 Å². The summed E-state index contributed by atoms with van der Waals surface area (Å²) in [5.41, 5.74) is 0.868. The van der Waals surface area contributed by atoms with E-state index in [2.05, 4.69) is 4.98 Å². The summed E-state index contributed by atoms with van der Waals surface area (Å²) in [6.45, 7) is 2.79. The maximum atomic E-state index is 12.1. The van der Waals surface area contributed by atoms with Crippen molar-refractivity contribution in [1.82, 2.24) is 4.98 Å². The van der Waals surface area contributed by atoms with Gasteiger partial charge in [-0.25, -0.2) is 0 Å². The van der Waals surface area contributed by atoms with Gasteiger partial charge in [0.05, 0.1) is 17.7 Å². The first-order valence-corrected chi connectivity index (χ1v) is 6.82. The minimum atomic E-state index is -0.102. The van der Waals surface area contributed by atoms with Crippen molar-refractivity contribution >= 4 is 5.78 Å². The van der Waals surface area contributed by atoms with E-state index in [0.717, 1.165) is 31.6 Å². The molecule has 1 aromatic rings. The van der Waals surface area contributed by atoms with Crippen LogP contribution in [0.4, 0.5) is 0 Å². The van der Waals surface area contributed by atoms with Crippen LogP contribution in [0.15, 0.2) is 24.4 Å². The lowest BCUT2D eigenvalue weighted by Crippen LogP contribution is -2.21. The van der Waals surface area contributed by atoms with Gasteiger partial charge in [0.1, 0.15) is 5.78 Å². The molecule has 0 amide bonds. The first kappa shape index (κ1) is 13.2. The fourth-order valence-electron chi connectivity index (χ4n) is 2.35. The molecule has 0 spiro atoms. The summed E-state index contributed by atoms with van der Waals surface area (Å²) >= 11 is 0. The zero-order valence-electron chi connectivity index (χ0n) is 11.0. The predicted octanol–water partition coefficient (Wildman–Crippen LogP) is 3.10. The number of ketones is 1. The smallest absolute Gasteiger partial charge is 0.141 e. The summed E-state index contributed by atoms with van der Waals surface area (Å²) in [4.78, 5) is 16.3. The maximum absolute atomic E-state index is 12.1. The Labute approximate surface area is 109 Å². The van der Waals surface area contributed by atoms with Gasteiger partial charge in [-0.2, -0.15) is 0 Å². The summed E-state index contributed by atoms with van der Waals surface area (Å²) in [5, 5.41) is 0. The molecule has 18 heavy (non-hydrogen) atoms. The molecule has 0 N–H and O–H groups in total. The van der Waals surface area contributed by atoms with Gasteiger partial charge in [-0.15, -0.1) is 0 Å². The maximum Gasteiger partial charge on any atom is 0.141 e. The van der Waals surface area contributed by atoms with E-state index < -0.39 is 0 Å². The van der Waals surface area contributed by atoms with Gasteiger partial charge in [0.2, 0.25) is 0 Å². The predicted molar refractivity (Wildman–Crippen MR) is 70.5 cm³/mol. The molecule has 3 nitrogen and oxygen atoms in total. The van der Waals surface area contributed by atoms with E-state index in [0.29, 0.717) is 12.5 Å². The van der Waals surface area contributed by atoms with E-state index in [1.165, 1.54) is 6.42 Å². The Hall–Kier alpha value is -1.22. The molecule has 0 aromatic carbocycles. The van der Waals surface area contributed by atoms with E-state index in [1.807, 2.05) is 25.1 Å². The highest BCUT2D eigenvalue weighted by Gasteiger charge is 2.19. The number of aromatic nitrogens is 1. The highest BCUT2D eigenvalue weighted by atomic mass is 16.5. The second-order valence-corrected chi connectivity index (χ2v) is 4.97. The third-order valence-electron chi connectivity index (χ3n) is 3.60. The van der Waals surface area contributed by atoms with Gasteiger partial charge < -0.3 is 4.74 Å². The van der Waals surface area contributed by atoms with E-state index in [9.17, 15) is 4.79 Å². The van der Waals surface area contributed by atoms with Crippen LogP contribution in [0, 0.1) is 0 Å². The van der Waals surface area contributed by atoms with Crippen molar-refractivity contribution in [3.63, 3.8) is 0 Å². The molecule has 3 heteroatoms. The third kappa shape index (κ3) is 3.64. The van der Waals surface area contributed by atoms with Crippen LogP contribution < -0.4 is 0 Å². The summed E-state index contributed by atoms with van der Waals surface area (Å²) in [7, 11) is 0. The molecule has 1 aliphatic heterocycles. The Balaban J connectivity index is 1.80. The molecule has 2 unspecified atom stereocenters. The van der Waals surface area contributed by atoms with Gasteiger partial charge in [0, 0.05) is 19.2 Å². The number of pyridine rings is 1. The molecule has 0 bridgehead atoms. The highest BCUT2D eigenvalue weighted by Crippen LogP contribution is 2.20. The van der Waals surface area contributed by atoms with Gasteiger partial charge in [-0.05, 0) is 44.7 Å². The van der Waals surface area contributed by atoms with Crippen LogP contribution in [-0.4, -0.2) is 23.5 Å². The number of ether oxygens (including phenoxy) is 1. The number of carbonyl (C=O) groups is 1. The molecule has 1 aliphatic rings. The Morgan fingerprint density at radius 3 is 3.06 bits per heavy atom. The average Bonchev–Trinajstić information content (AvgIpc) is 2.46. The van der Waals surface area contributed by atoms with Crippen molar-refractivity contribution in [2.45, 2.75) is 51.0 Å². The number of Topliss-reactive ketones (excluding diaryl/α,β-unsaturated/α-hetero) is 1. The van der Waals surface area contributed by atoms with Crippen LogP contribution in [0.5, 0.6) is 0 Å². The first-order valence-electron chi connectivity index (χ1n) is 6.82. The molecule has 1 saturated heterocycles. The summed E-state index contributed by atoms with van der Waals surface area (Å²) in [6, 6.07) is 5.71. The lowest BCUT2D eigenvalue weighted by molar-refractivity contribution is -0.121. The number of nitrogens with zero attached hydrogens (tertiary/aromatic N) is 1. The van der Waals surface area contributed by atoms with Crippen LogP contribution >= 0.6 is 0 Å². The molecule has 0 aliphatic carbocycles. The van der Waals surface area contributed by atoms with Gasteiger partial charge in [-0.3, -0.25) is 9.78 Å². The molecule has 0 radical (unpaired) electrons. The first-order chi connectivity index (χ1) is 8.77. The molecule has 0 saturated carbocycles. The molecule has 1 fully saturated rings. The third-order valence-corrected chi connectivity index (χ3v) is 3.60. The van der Waals surface area contributed by atoms with Crippen LogP contribution in [0.1, 0.15) is 50.6 Å². The van der Waals surface area contributed by atoms with Crippen molar-refractivity contribution < 1.29 is 9.53 Å². The van der Waals surface area contributed by atoms with Crippen molar-refractivity contribution in [3.05, 3.63) is 30.1 Å². The zero-order valence-corrected chi connectivity index (χ0v) is 11.0. The summed E-state index contributed by atoms with van der Waals surface area (Å²) in [5.74, 6) is 0.165. The molecule has 2 heterocycles. The monoisotopic (exact) mass is 247 g/mol. The molecule has 2 rings (SSSR count). The van der Waals surface area contributed by atoms with Crippen LogP contribution in [0.2, 0.25) is 0 Å². The van der Waals surface area contributed by atoms with Crippen LogP contribution in [0.25, 0.3) is 0 Å². The molecule has 2 atom stereocenters. The summed E-state index contributed by atoms with van der Waals surface area (Å²) < 4.78 is 5.65. The molecular formula is C15H21NO2. The van der Waals surface area contributed by atoms with E-state index >= 15 is 0 Å². The molecule has 98 valence electrons. The van der Waals surface area contributed by atoms with Crippen LogP contribution in [0.3, 0.4) is 0 Å². The zero-order chi connectivity index (χ0) is 12.8. The van der Waals surface area contributed by atoms with Gasteiger partial charge in [0.15, 0.2) is 0 Å². The second-order valence-electron chi connectivity index (χ2n) is 4.97. The van der Waals surface area contributed by atoms with Crippen molar-refractivity contribution in [2.24, 2.45) is 0 Å². The Bertz CT molecular complexity index is 371. The molecular weight excluding hydrogens is 226 g/mol. The molecule has 1 aromatic heterocycles.